The highest BCUT2D eigenvalue weighted by Crippen LogP contribution is 2.68. The van der Waals surface area contributed by atoms with Gasteiger partial charge in [-0.25, -0.2) is 4.79 Å². The highest BCUT2D eigenvalue weighted by atomic mass is 19.3. The van der Waals surface area contributed by atoms with E-state index >= 15 is 0 Å². The lowest BCUT2D eigenvalue weighted by molar-refractivity contribution is -0.173. The summed E-state index contributed by atoms with van der Waals surface area (Å²) < 4.78 is 30.5. The summed E-state index contributed by atoms with van der Waals surface area (Å²) in [6, 6.07) is 0. The molecule has 0 N–H and O–H groups in total. The zero-order chi connectivity index (χ0) is 24.0. The SMILES string of the molecule is CC(C)CCC[C@@H](C)[C@H]1CC[C@H]2[C@@H]3CC[C@H]4C[C@@H](OC(=O)C(F)F)CC[C@]4(C)[C@H]3CC[C@]12C. The van der Waals surface area contributed by atoms with Crippen LogP contribution >= 0.6 is 0 Å². The topological polar surface area (TPSA) is 26.3 Å². The monoisotopic (exact) mass is 466 g/mol. The van der Waals surface area contributed by atoms with Crippen molar-refractivity contribution in [2.75, 3.05) is 0 Å². The number of rotatable bonds is 7. The van der Waals surface area contributed by atoms with E-state index in [1.807, 2.05) is 0 Å². The second kappa shape index (κ2) is 9.76. The zero-order valence-corrected chi connectivity index (χ0v) is 21.8. The van der Waals surface area contributed by atoms with E-state index in [0.29, 0.717) is 16.7 Å². The molecular weight excluding hydrogens is 418 g/mol. The molecule has 9 atom stereocenters. The van der Waals surface area contributed by atoms with Crippen molar-refractivity contribution in [2.24, 2.45) is 52.3 Å². The van der Waals surface area contributed by atoms with Crippen LogP contribution in [0.2, 0.25) is 0 Å². The normalized spacial score (nSPS) is 43.7. The highest BCUT2D eigenvalue weighted by molar-refractivity contribution is 5.72. The molecule has 0 bridgehead atoms. The van der Waals surface area contributed by atoms with Crippen LogP contribution in [0.4, 0.5) is 8.78 Å². The molecule has 0 saturated heterocycles. The van der Waals surface area contributed by atoms with Crippen molar-refractivity contribution in [1.29, 1.82) is 0 Å². The summed E-state index contributed by atoms with van der Waals surface area (Å²) in [7, 11) is 0. The van der Waals surface area contributed by atoms with E-state index in [0.717, 1.165) is 54.8 Å². The predicted octanol–water partition coefficient (Wildman–Crippen LogP) is 8.28. The molecule has 0 aliphatic heterocycles. The van der Waals surface area contributed by atoms with Gasteiger partial charge in [0.2, 0.25) is 0 Å². The Morgan fingerprint density at radius 1 is 0.909 bits per heavy atom. The summed E-state index contributed by atoms with van der Waals surface area (Å²) >= 11 is 0. The number of fused-ring (bicyclic) bond motifs is 5. The number of ether oxygens (including phenoxy) is 1. The van der Waals surface area contributed by atoms with Crippen LogP contribution in [0.3, 0.4) is 0 Å². The number of carbonyl (C=O) groups is 1. The van der Waals surface area contributed by atoms with Gasteiger partial charge in [0.15, 0.2) is 0 Å². The summed E-state index contributed by atoms with van der Waals surface area (Å²) in [4.78, 5) is 11.5. The van der Waals surface area contributed by atoms with Gasteiger partial charge in [0, 0.05) is 0 Å². The molecule has 190 valence electrons. The Labute approximate surface area is 201 Å². The maximum absolute atomic E-state index is 12.7. The first kappa shape index (κ1) is 25.4. The van der Waals surface area contributed by atoms with Crippen molar-refractivity contribution in [2.45, 2.75) is 124 Å². The molecule has 0 unspecified atom stereocenters. The van der Waals surface area contributed by atoms with Gasteiger partial charge in [-0.05, 0) is 110 Å². The highest BCUT2D eigenvalue weighted by Gasteiger charge is 2.60. The molecule has 0 spiro atoms. The van der Waals surface area contributed by atoms with Crippen LogP contribution < -0.4 is 0 Å². The van der Waals surface area contributed by atoms with Crippen molar-refractivity contribution >= 4 is 5.97 Å². The lowest BCUT2D eigenvalue weighted by atomic mass is 9.44. The van der Waals surface area contributed by atoms with Crippen LogP contribution in [0.25, 0.3) is 0 Å². The fourth-order valence-electron chi connectivity index (χ4n) is 9.57. The molecule has 4 heteroatoms. The summed E-state index contributed by atoms with van der Waals surface area (Å²) in [5.41, 5.74) is 0.796. The van der Waals surface area contributed by atoms with Gasteiger partial charge in [-0.15, -0.1) is 0 Å². The average molecular weight is 467 g/mol. The third-order valence-corrected chi connectivity index (χ3v) is 11.3. The molecule has 0 aromatic heterocycles. The van der Waals surface area contributed by atoms with Crippen LogP contribution in [-0.2, 0) is 9.53 Å². The first-order chi connectivity index (χ1) is 15.6. The first-order valence-electron chi connectivity index (χ1n) is 14.0. The minimum Gasteiger partial charge on any atom is -0.458 e. The van der Waals surface area contributed by atoms with Crippen molar-refractivity contribution in [3.63, 3.8) is 0 Å². The van der Waals surface area contributed by atoms with Crippen LogP contribution in [0, 0.1) is 52.3 Å². The Balaban J connectivity index is 1.41. The van der Waals surface area contributed by atoms with E-state index in [-0.39, 0.29) is 6.10 Å². The standard InChI is InChI=1S/C29H48F2O2/c1-18(2)7-6-8-19(3)23-11-12-24-22-10-9-20-17-21(33-27(32)26(30)31)13-15-28(20,4)25(22)14-16-29(23,24)5/h18-26H,6-17H2,1-5H3/t19-,20+,21+,22+,23-,24+,25+,28+,29-/m1/s1. The lowest BCUT2D eigenvalue weighted by Crippen LogP contribution is -2.54. The molecule has 2 nitrogen and oxygen atoms in total. The smallest absolute Gasteiger partial charge is 0.374 e. The quantitative estimate of drug-likeness (QED) is 0.353. The molecule has 4 fully saturated rings. The molecule has 0 aromatic rings. The molecular formula is C29H48F2O2. The zero-order valence-electron chi connectivity index (χ0n) is 21.8. The molecule has 4 saturated carbocycles. The van der Waals surface area contributed by atoms with E-state index in [2.05, 4.69) is 34.6 Å². The molecule has 33 heavy (non-hydrogen) atoms. The van der Waals surface area contributed by atoms with Gasteiger partial charge in [0.25, 0.3) is 0 Å². The summed E-state index contributed by atoms with van der Waals surface area (Å²) in [5, 5.41) is 0. The number of esters is 1. The van der Waals surface area contributed by atoms with Gasteiger partial charge in [-0.2, -0.15) is 8.78 Å². The average Bonchev–Trinajstić information content (AvgIpc) is 3.11. The largest absolute Gasteiger partial charge is 0.458 e. The van der Waals surface area contributed by atoms with Crippen molar-refractivity contribution in [3.8, 4) is 0 Å². The van der Waals surface area contributed by atoms with Gasteiger partial charge < -0.3 is 4.74 Å². The van der Waals surface area contributed by atoms with Crippen LogP contribution in [0.15, 0.2) is 0 Å². The minimum atomic E-state index is -3.01. The van der Waals surface area contributed by atoms with Gasteiger partial charge in [-0.1, -0.05) is 53.9 Å². The third kappa shape index (κ3) is 4.75. The maximum Gasteiger partial charge on any atom is 0.374 e. The lowest BCUT2D eigenvalue weighted by Gasteiger charge is -2.61. The number of alkyl halides is 2. The van der Waals surface area contributed by atoms with E-state index in [1.165, 1.54) is 57.8 Å². The Hall–Kier alpha value is -0.670. The summed E-state index contributed by atoms with van der Waals surface area (Å²) in [5.74, 6) is 4.16. The summed E-state index contributed by atoms with van der Waals surface area (Å²) in [6.07, 6.45) is 11.4. The van der Waals surface area contributed by atoms with E-state index in [9.17, 15) is 13.6 Å². The van der Waals surface area contributed by atoms with Crippen LogP contribution in [-0.4, -0.2) is 18.5 Å². The maximum atomic E-state index is 12.7. The van der Waals surface area contributed by atoms with Gasteiger partial charge in [0.05, 0.1) is 0 Å². The van der Waals surface area contributed by atoms with E-state index in [4.69, 9.17) is 4.74 Å². The van der Waals surface area contributed by atoms with Gasteiger partial charge in [0.1, 0.15) is 6.10 Å². The molecule has 0 heterocycles. The Morgan fingerprint density at radius 2 is 1.61 bits per heavy atom. The number of carbonyl (C=O) groups excluding carboxylic acids is 1. The first-order valence-corrected chi connectivity index (χ1v) is 14.0. The molecule has 0 aromatic carbocycles. The second-order valence-corrected chi connectivity index (χ2v) is 13.3. The van der Waals surface area contributed by atoms with E-state index in [1.54, 1.807) is 0 Å². The number of halogens is 2. The van der Waals surface area contributed by atoms with Crippen molar-refractivity contribution < 1.29 is 18.3 Å². The second-order valence-electron chi connectivity index (χ2n) is 13.3. The molecule has 0 radical (unpaired) electrons. The van der Waals surface area contributed by atoms with Gasteiger partial charge in [-0.3, -0.25) is 0 Å². The fourth-order valence-corrected chi connectivity index (χ4v) is 9.57. The Morgan fingerprint density at radius 3 is 2.30 bits per heavy atom. The molecule has 4 rings (SSSR count). The van der Waals surface area contributed by atoms with Crippen molar-refractivity contribution in [1.82, 2.24) is 0 Å². The fraction of sp³-hybridized carbons (Fsp3) is 0.966. The van der Waals surface area contributed by atoms with Crippen molar-refractivity contribution in [3.05, 3.63) is 0 Å². The number of hydrogen-bond acceptors (Lipinski definition) is 2. The Kier molecular flexibility index (Phi) is 7.52. The van der Waals surface area contributed by atoms with Crippen LogP contribution in [0.5, 0.6) is 0 Å². The predicted molar refractivity (Wildman–Crippen MR) is 129 cm³/mol. The Bertz CT molecular complexity index is 693. The summed E-state index contributed by atoms with van der Waals surface area (Å²) in [6.45, 7) is 12.3. The van der Waals surface area contributed by atoms with Crippen LogP contribution in [0.1, 0.15) is 112 Å². The van der Waals surface area contributed by atoms with Gasteiger partial charge >= 0.3 is 12.4 Å². The molecule has 4 aliphatic rings. The third-order valence-electron chi connectivity index (χ3n) is 11.3. The number of hydrogen-bond donors (Lipinski definition) is 0. The van der Waals surface area contributed by atoms with E-state index < -0.39 is 12.4 Å². The molecule has 4 aliphatic carbocycles. The minimum absolute atomic E-state index is 0.291. The molecule has 0 amide bonds.